The Morgan fingerprint density at radius 1 is 1.05 bits per heavy atom. The van der Waals surface area contributed by atoms with Crippen molar-refractivity contribution in [2.24, 2.45) is 0 Å². The fraction of sp³-hybridized carbons (Fsp3) is 0.294. The van der Waals surface area contributed by atoms with E-state index in [1.807, 2.05) is 6.92 Å². The Hall–Kier alpha value is -1.81. The van der Waals surface area contributed by atoms with Crippen molar-refractivity contribution in [2.75, 3.05) is 6.54 Å². The number of aryl methyl sites for hydroxylation is 1. The van der Waals surface area contributed by atoms with E-state index in [2.05, 4.69) is 5.32 Å². The summed E-state index contributed by atoms with van der Waals surface area (Å²) in [6, 6.07) is 8.25. The molecule has 1 N–H and O–H groups in total. The second kappa shape index (κ2) is 6.76. The summed E-state index contributed by atoms with van der Waals surface area (Å²) in [7, 11) is 0. The molecule has 0 aliphatic carbocycles. The van der Waals surface area contributed by atoms with Gasteiger partial charge in [-0.3, -0.25) is 0 Å². The SMILES string of the molecule is CCNC(Cc1cc(F)cc(F)c1)c1cccc(C)c1F. The highest BCUT2D eigenvalue weighted by Crippen LogP contribution is 2.24. The lowest BCUT2D eigenvalue weighted by Crippen LogP contribution is -2.24. The average Bonchev–Trinajstić information content (AvgIpc) is 2.40. The smallest absolute Gasteiger partial charge is 0.130 e. The quantitative estimate of drug-likeness (QED) is 0.866. The number of benzene rings is 2. The third-order valence-corrected chi connectivity index (χ3v) is 3.41. The van der Waals surface area contributed by atoms with E-state index in [0.29, 0.717) is 29.7 Å². The molecule has 0 amide bonds. The summed E-state index contributed by atoms with van der Waals surface area (Å²) in [5.41, 5.74) is 1.57. The van der Waals surface area contributed by atoms with Gasteiger partial charge in [0, 0.05) is 17.7 Å². The van der Waals surface area contributed by atoms with Gasteiger partial charge in [0.2, 0.25) is 0 Å². The van der Waals surface area contributed by atoms with Crippen molar-refractivity contribution in [1.29, 1.82) is 0 Å². The topological polar surface area (TPSA) is 12.0 Å². The van der Waals surface area contributed by atoms with Crippen LogP contribution in [0.2, 0.25) is 0 Å². The number of likely N-dealkylation sites (N-methyl/N-ethyl adjacent to an activating group) is 1. The van der Waals surface area contributed by atoms with Crippen molar-refractivity contribution in [3.8, 4) is 0 Å². The average molecular weight is 293 g/mol. The first-order chi connectivity index (χ1) is 10.0. The molecule has 1 nitrogen and oxygen atoms in total. The van der Waals surface area contributed by atoms with Gasteiger partial charge in [-0.15, -0.1) is 0 Å². The Bertz CT molecular complexity index is 605. The molecule has 0 aliphatic rings. The Labute approximate surface area is 122 Å². The van der Waals surface area contributed by atoms with Crippen LogP contribution in [0.1, 0.15) is 29.7 Å². The molecule has 0 fully saturated rings. The molecule has 112 valence electrons. The zero-order chi connectivity index (χ0) is 15.4. The van der Waals surface area contributed by atoms with Gasteiger partial charge in [-0.05, 0) is 43.1 Å². The first-order valence-corrected chi connectivity index (χ1v) is 6.94. The molecular weight excluding hydrogens is 275 g/mol. The second-order valence-corrected chi connectivity index (χ2v) is 5.07. The first kappa shape index (κ1) is 15.6. The molecule has 0 saturated heterocycles. The second-order valence-electron chi connectivity index (χ2n) is 5.07. The summed E-state index contributed by atoms with van der Waals surface area (Å²) in [4.78, 5) is 0. The van der Waals surface area contributed by atoms with Crippen LogP contribution in [0, 0.1) is 24.4 Å². The molecule has 0 heterocycles. The molecule has 1 atom stereocenters. The minimum absolute atomic E-state index is 0.277. The lowest BCUT2D eigenvalue weighted by atomic mass is 9.96. The van der Waals surface area contributed by atoms with E-state index in [4.69, 9.17) is 0 Å². The maximum atomic E-state index is 14.2. The summed E-state index contributed by atoms with van der Waals surface area (Å²) in [5.74, 6) is -1.52. The minimum atomic E-state index is -0.620. The fourth-order valence-electron chi connectivity index (χ4n) is 2.44. The molecule has 0 aliphatic heterocycles. The predicted octanol–water partition coefficient (Wildman–Crippen LogP) is 4.31. The number of hydrogen-bond acceptors (Lipinski definition) is 1. The molecule has 0 aromatic heterocycles. The number of hydrogen-bond donors (Lipinski definition) is 1. The van der Waals surface area contributed by atoms with Gasteiger partial charge in [-0.1, -0.05) is 25.1 Å². The van der Waals surface area contributed by atoms with E-state index >= 15 is 0 Å². The highest BCUT2D eigenvalue weighted by Gasteiger charge is 2.17. The van der Waals surface area contributed by atoms with Crippen LogP contribution in [0.4, 0.5) is 13.2 Å². The van der Waals surface area contributed by atoms with Crippen LogP contribution >= 0.6 is 0 Å². The van der Waals surface area contributed by atoms with Crippen LogP contribution < -0.4 is 5.32 Å². The van der Waals surface area contributed by atoms with E-state index in [0.717, 1.165) is 6.07 Å². The maximum Gasteiger partial charge on any atom is 0.130 e. The van der Waals surface area contributed by atoms with Crippen molar-refractivity contribution in [1.82, 2.24) is 5.32 Å². The normalized spacial score (nSPS) is 12.4. The van der Waals surface area contributed by atoms with E-state index in [1.165, 1.54) is 12.1 Å². The van der Waals surface area contributed by atoms with Crippen LogP contribution in [-0.2, 0) is 6.42 Å². The van der Waals surface area contributed by atoms with E-state index in [-0.39, 0.29) is 11.9 Å². The van der Waals surface area contributed by atoms with Crippen LogP contribution in [-0.4, -0.2) is 6.54 Å². The van der Waals surface area contributed by atoms with Crippen LogP contribution in [0.15, 0.2) is 36.4 Å². The van der Waals surface area contributed by atoms with Crippen molar-refractivity contribution >= 4 is 0 Å². The summed E-state index contributed by atoms with van der Waals surface area (Å²) < 4.78 is 40.8. The molecule has 21 heavy (non-hydrogen) atoms. The number of halogens is 3. The molecule has 4 heteroatoms. The zero-order valence-corrected chi connectivity index (χ0v) is 12.1. The van der Waals surface area contributed by atoms with Crippen molar-refractivity contribution < 1.29 is 13.2 Å². The lowest BCUT2D eigenvalue weighted by molar-refractivity contribution is 0.503. The third kappa shape index (κ3) is 3.85. The van der Waals surface area contributed by atoms with Crippen LogP contribution in [0.3, 0.4) is 0 Å². The monoisotopic (exact) mass is 293 g/mol. The molecule has 0 bridgehead atoms. The zero-order valence-electron chi connectivity index (χ0n) is 12.1. The molecule has 2 aromatic carbocycles. The lowest BCUT2D eigenvalue weighted by Gasteiger charge is -2.20. The van der Waals surface area contributed by atoms with Crippen molar-refractivity contribution in [2.45, 2.75) is 26.3 Å². The van der Waals surface area contributed by atoms with Crippen molar-refractivity contribution in [3.63, 3.8) is 0 Å². The largest absolute Gasteiger partial charge is 0.310 e. The molecular formula is C17H18F3N. The summed E-state index contributed by atoms with van der Waals surface area (Å²) in [6.45, 7) is 4.24. The fourth-order valence-corrected chi connectivity index (χ4v) is 2.44. The molecule has 2 rings (SSSR count). The molecule has 0 radical (unpaired) electrons. The van der Waals surface area contributed by atoms with E-state index in [9.17, 15) is 13.2 Å². The molecule has 0 spiro atoms. The third-order valence-electron chi connectivity index (χ3n) is 3.41. The predicted molar refractivity (Wildman–Crippen MR) is 77.6 cm³/mol. The van der Waals surface area contributed by atoms with E-state index < -0.39 is 11.6 Å². The molecule has 2 aromatic rings. The highest BCUT2D eigenvalue weighted by molar-refractivity contribution is 5.30. The summed E-state index contributed by atoms with van der Waals surface area (Å²) in [5, 5.41) is 3.17. The van der Waals surface area contributed by atoms with Crippen molar-refractivity contribution in [3.05, 3.63) is 70.5 Å². The maximum absolute atomic E-state index is 14.2. The van der Waals surface area contributed by atoms with Gasteiger partial charge in [-0.25, -0.2) is 13.2 Å². The number of nitrogens with one attached hydrogen (secondary N) is 1. The van der Waals surface area contributed by atoms with Gasteiger partial charge in [0.1, 0.15) is 17.5 Å². The summed E-state index contributed by atoms with van der Waals surface area (Å²) in [6.07, 6.45) is 0.322. The standard InChI is InChI=1S/C17H18F3N/c1-3-21-16(15-6-4-5-11(2)17(15)20)9-12-7-13(18)10-14(19)8-12/h4-8,10,16,21H,3,9H2,1-2H3. The highest BCUT2D eigenvalue weighted by atomic mass is 19.1. The Kier molecular flexibility index (Phi) is 5.02. The Morgan fingerprint density at radius 3 is 2.33 bits per heavy atom. The van der Waals surface area contributed by atoms with Gasteiger partial charge >= 0.3 is 0 Å². The Balaban J connectivity index is 2.32. The summed E-state index contributed by atoms with van der Waals surface area (Å²) >= 11 is 0. The van der Waals surface area contributed by atoms with Gasteiger partial charge in [0.05, 0.1) is 0 Å². The molecule has 1 unspecified atom stereocenters. The van der Waals surface area contributed by atoms with Gasteiger partial charge in [-0.2, -0.15) is 0 Å². The van der Waals surface area contributed by atoms with Gasteiger partial charge < -0.3 is 5.32 Å². The van der Waals surface area contributed by atoms with E-state index in [1.54, 1.807) is 25.1 Å². The van der Waals surface area contributed by atoms with Gasteiger partial charge in [0.25, 0.3) is 0 Å². The van der Waals surface area contributed by atoms with Crippen LogP contribution in [0.5, 0.6) is 0 Å². The number of rotatable bonds is 5. The van der Waals surface area contributed by atoms with Crippen LogP contribution in [0.25, 0.3) is 0 Å². The first-order valence-electron chi connectivity index (χ1n) is 6.94. The van der Waals surface area contributed by atoms with Gasteiger partial charge in [0.15, 0.2) is 0 Å². The Morgan fingerprint density at radius 2 is 1.71 bits per heavy atom. The molecule has 0 saturated carbocycles. The minimum Gasteiger partial charge on any atom is -0.310 e.